The van der Waals surface area contributed by atoms with Crippen molar-refractivity contribution < 1.29 is 18.7 Å². The van der Waals surface area contributed by atoms with Crippen molar-refractivity contribution >= 4 is 24.1 Å². The van der Waals surface area contributed by atoms with Crippen LogP contribution in [0.25, 0.3) is 0 Å². The molecule has 0 saturated carbocycles. The highest BCUT2D eigenvalue weighted by atomic mass is 35.5. The summed E-state index contributed by atoms with van der Waals surface area (Å²) >= 11 is 0. The van der Waals surface area contributed by atoms with Crippen molar-refractivity contribution in [3.63, 3.8) is 0 Å². The first-order valence-electron chi connectivity index (χ1n) is 3.35. The molecule has 0 fully saturated rings. The Bertz CT molecular complexity index is 329. The molecule has 0 aliphatic heterocycles. The minimum absolute atomic E-state index is 0. The van der Waals surface area contributed by atoms with Crippen LogP contribution in [0.4, 0.5) is 14.5 Å². The molecule has 0 radical (unpaired) electrons. The molecule has 0 spiro atoms. The number of alkyl halides is 2. The third-order valence-corrected chi connectivity index (χ3v) is 1.38. The molecule has 1 heterocycles. The van der Waals surface area contributed by atoms with Crippen LogP contribution in [0.15, 0.2) is 6.20 Å². The maximum Gasteiger partial charge on any atom is 0.356 e. The molecule has 0 bridgehead atoms. The van der Waals surface area contributed by atoms with Crippen LogP contribution in [0.5, 0.6) is 0 Å². The van der Waals surface area contributed by atoms with Gasteiger partial charge in [0.05, 0.1) is 11.9 Å². The lowest BCUT2D eigenvalue weighted by Gasteiger charge is -2.02. The van der Waals surface area contributed by atoms with Crippen LogP contribution in [0.3, 0.4) is 0 Å². The van der Waals surface area contributed by atoms with Crippen molar-refractivity contribution in [2.24, 2.45) is 0 Å². The van der Waals surface area contributed by atoms with Gasteiger partial charge in [-0.25, -0.2) is 13.6 Å². The third-order valence-electron chi connectivity index (χ3n) is 1.38. The zero-order chi connectivity index (χ0) is 10.0. The van der Waals surface area contributed by atoms with E-state index in [0.717, 1.165) is 6.20 Å². The van der Waals surface area contributed by atoms with E-state index in [2.05, 4.69) is 5.10 Å². The molecular formula is C6H8ClF2N3O2. The quantitative estimate of drug-likeness (QED) is 0.802. The van der Waals surface area contributed by atoms with Gasteiger partial charge >= 0.3 is 5.97 Å². The van der Waals surface area contributed by atoms with Gasteiger partial charge in [-0.2, -0.15) is 5.10 Å². The molecule has 0 atom stereocenters. The van der Waals surface area contributed by atoms with E-state index in [-0.39, 0.29) is 18.1 Å². The molecule has 1 rings (SSSR count). The summed E-state index contributed by atoms with van der Waals surface area (Å²) in [5.41, 5.74) is 4.69. The topological polar surface area (TPSA) is 81.1 Å². The highest BCUT2D eigenvalue weighted by Gasteiger charge is 2.17. The number of nitrogens with zero attached hydrogens (tertiary/aromatic N) is 2. The molecule has 1 aromatic heterocycles. The zero-order valence-corrected chi connectivity index (χ0v) is 7.67. The van der Waals surface area contributed by atoms with Gasteiger partial charge < -0.3 is 10.8 Å². The van der Waals surface area contributed by atoms with E-state index < -0.39 is 24.6 Å². The minimum atomic E-state index is -2.66. The van der Waals surface area contributed by atoms with E-state index in [4.69, 9.17) is 10.8 Å². The first kappa shape index (κ1) is 12.6. The van der Waals surface area contributed by atoms with Crippen molar-refractivity contribution in [3.05, 3.63) is 11.9 Å². The van der Waals surface area contributed by atoms with Crippen molar-refractivity contribution in [2.75, 3.05) is 5.73 Å². The fourth-order valence-electron chi connectivity index (χ4n) is 0.903. The number of hydrogen-bond donors (Lipinski definition) is 2. The molecule has 0 saturated heterocycles. The number of anilines is 1. The van der Waals surface area contributed by atoms with Crippen LogP contribution < -0.4 is 5.73 Å². The highest BCUT2D eigenvalue weighted by molar-refractivity contribution is 5.91. The normalized spacial score (nSPS) is 9.93. The molecular weight excluding hydrogens is 220 g/mol. The van der Waals surface area contributed by atoms with E-state index in [1.54, 1.807) is 0 Å². The van der Waals surface area contributed by atoms with Gasteiger partial charge in [0, 0.05) is 0 Å². The van der Waals surface area contributed by atoms with Gasteiger partial charge in [-0.1, -0.05) is 0 Å². The van der Waals surface area contributed by atoms with Crippen LogP contribution >= 0.6 is 12.4 Å². The van der Waals surface area contributed by atoms with Crippen molar-refractivity contribution in [1.82, 2.24) is 9.78 Å². The second-order valence-corrected chi connectivity index (χ2v) is 2.33. The average molecular weight is 228 g/mol. The summed E-state index contributed by atoms with van der Waals surface area (Å²) < 4.78 is 24.4. The Kier molecular flexibility index (Phi) is 4.29. The molecule has 80 valence electrons. The molecule has 0 aromatic carbocycles. The van der Waals surface area contributed by atoms with Crippen molar-refractivity contribution in [1.29, 1.82) is 0 Å². The van der Waals surface area contributed by atoms with E-state index in [1.807, 2.05) is 0 Å². The molecule has 8 heteroatoms. The Balaban J connectivity index is 0.00000169. The smallest absolute Gasteiger partial charge is 0.356 e. The molecule has 5 nitrogen and oxygen atoms in total. The number of nitrogen functional groups attached to an aromatic ring is 1. The highest BCUT2D eigenvalue weighted by Crippen LogP contribution is 2.11. The van der Waals surface area contributed by atoms with Gasteiger partial charge in [0.1, 0.15) is 6.54 Å². The van der Waals surface area contributed by atoms with Gasteiger partial charge in [-0.3, -0.25) is 4.68 Å². The van der Waals surface area contributed by atoms with Gasteiger partial charge in [0.15, 0.2) is 5.69 Å². The summed E-state index contributed by atoms with van der Waals surface area (Å²) in [6, 6.07) is 0. The summed E-state index contributed by atoms with van der Waals surface area (Å²) in [4.78, 5) is 10.5. The SMILES string of the molecule is Cl.Nc1cnn(CC(F)F)c1C(=O)O. The summed E-state index contributed by atoms with van der Waals surface area (Å²) in [6.45, 7) is -0.765. The number of rotatable bonds is 3. The molecule has 0 aliphatic rings. The monoisotopic (exact) mass is 227 g/mol. The predicted octanol–water partition coefficient (Wildman–Crippen LogP) is 0.850. The van der Waals surface area contributed by atoms with Gasteiger partial charge in [-0.15, -0.1) is 12.4 Å². The lowest BCUT2D eigenvalue weighted by atomic mass is 10.4. The van der Waals surface area contributed by atoms with Crippen LogP contribution in [-0.2, 0) is 6.54 Å². The van der Waals surface area contributed by atoms with Crippen molar-refractivity contribution in [2.45, 2.75) is 13.0 Å². The second kappa shape index (κ2) is 4.75. The predicted molar refractivity (Wildman–Crippen MR) is 46.9 cm³/mol. The van der Waals surface area contributed by atoms with Gasteiger partial charge in [0.2, 0.25) is 0 Å². The average Bonchev–Trinajstić information content (AvgIpc) is 2.30. The number of carboxylic acid groups (broad SMARTS) is 1. The third kappa shape index (κ3) is 2.56. The fourth-order valence-corrected chi connectivity index (χ4v) is 0.903. The number of aromatic nitrogens is 2. The second-order valence-electron chi connectivity index (χ2n) is 2.33. The van der Waals surface area contributed by atoms with Crippen molar-refractivity contribution in [3.8, 4) is 0 Å². The largest absolute Gasteiger partial charge is 0.476 e. The molecule has 1 aromatic rings. The van der Waals surface area contributed by atoms with E-state index in [0.29, 0.717) is 4.68 Å². The van der Waals surface area contributed by atoms with E-state index in [9.17, 15) is 13.6 Å². The Morgan fingerprint density at radius 2 is 2.29 bits per heavy atom. The number of hydrogen-bond acceptors (Lipinski definition) is 3. The Morgan fingerprint density at radius 1 is 1.71 bits per heavy atom. The molecule has 3 N–H and O–H groups in total. The number of aromatic carboxylic acids is 1. The van der Waals surface area contributed by atoms with Crippen LogP contribution in [-0.4, -0.2) is 27.3 Å². The Labute approximate surface area is 83.9 Å². The first-order valence-corrected chi connectivity index (χ1v) is 3.35. The van der Waals surface area contributed by atoms with Gasteiger partial charge in [-0.05, 0) is 0 Å². The Hall–Kier alpha value is -1.37. The molecule has 0 unspecified atom stereocenters. The summed E-state index contributed by atoms with van der Waals surface area (Å²) in [5, 5.41) is 12.0. The number of halogens is 3. The lowest BCUT2D eigenvalue weighted by molar-refractivity contribution is 0.0672. The summed E-state index contributed by atoms with van der Waals surface area (Å²) in [7, 11) is 0. The summed E-state index contributed by atoms with van der Waals surface area (Å²) in [6.07, 6.45) is -1.62. The maximum atomic E-state index is 11.9. The van der Waals surface area contributed by atoms with E-state index in [1.165, 1.54) is 0 Å². The van der Waals surface area contributed by atoms with Crippen LogP contribution in [0.2, 0.25) is 0 Å². The number of carbonyl (C=O) groups is 1. The first-order chi connectivity index (χ1) is 6.02. The van der Waals surface area contributed by atoms with Crippen LogP contribution in [0.1, 0.15) is 10.5 Å². The Morgan fingerprint density at radius 3 is 2.71 bits per heavy atom. The fraction of sp³-hybridized carbons (Fsp3) is 0.333. The molecule has 0 aliphatic carbocycles. The lowest BCUT2D eigenvalue weighted by Crippen LogP contribution is -2.15. The van der Waals surface area contributed by atoms with Gasteiger partial charge in [0.25, 0.3) is 6.43 Å². The zero-order valence-electron chi connectivity index (χ0n) is 6.85. The maximum absolute atomic E-state index is 11.9. The molecule has 0 amide bonds. The number of carboxylic acids is 1. The van der Waals surface area contributed by atoms with E-state index >= 15 is 0 Å². The van der Waals surface area contributed by atoms with Crippen LogP contribution in [0, 0.1) is 0 Å². The standard InChI is InChI=1S/C6H7F2N3O2.ClH/c7-4(8)2-11-5(6(12)13)3(9)1-10-11;/h1,4H,2,9H2,(H,12,13);1H. The minimum Gasteiger partial charge on any atom is -0.476 e. The molecule has 14 heavy (non-hydrogen) atoms. The summed E-state index contributed by atoms with van der Waals surface area (Å²) in [5.74, 6) is -1.37. The number of nitrogens with two attached hydrogens (primary N) is 1.